The summed E-state index contributed by atoms with van der Waals surface area (Å²) in [6, 6.07) is 4.95. The SMILES string of the molecule is COc1ccc(NC(=O)NC(C)(C)C)cc1OC. The molecule has 5 nitrogen and oxygen atoms in total. The zero-order chi connectivity index (χ0) is 13.8. The van der Waals surface area contributed by atoms with Gasteiger partial charge in [0.05, 0.1) is 14.2 Å². The van der Waals surface area contributed by atoms with Crippen LogP contribution < -0.4 is 20.1 Å². The first-order valence-corrected chi connectivity index (χ1v) is 5.67. The van der Waals surface area contributed by atoms with E-state index in [4.69, 9.17) is 9.47 Å². The molecule has 2 N–H and O–H groups in total. The highest BCUT2D eigenvalue weighted by molar-refractivity contribution is 5.90. The monoisotopic (exact) mass is 252 g/mol. The lowest BCUT2D eigenvalue weighted by atomic mass is 10.1. The Bertz CT molecular complexity index is 425. The largest absolute Gasteiger partial charge is 0.493 e. The lowest BCUT2D eigenvalue weighted by Gasteiger charge is -2.21. The summed E-state index contributed by atoms with van der Waals surface area (Å²) in [7, 11) is 3.12. The van der Waals surface area contributed by atoms with E-state index < -0.39 is 0 Å². The molecular weight excluding hydrogens is 232 g/mol. The number of ether oxygens (including phenoxy) is 2. The van der Waals surface area contributed by atoms with Crippen molar-refractivity contribution in [3.05, 3.63) is 18.2 Å². The van der Waals surface area contributed by atoms with Crippen LogP contribution in [0.4, 0.5) is 10.5 Å². The molecule has 0 saturated carbocycles. The quantitative estimate of drug-likeness (QED) is 0.869. The van der Waals surface area contributed by atoms with E-state index in [-0.39, 0.29) is 11.6 Å². The van der Waals surface area contributed by atoms with E-state index in [1.807, 2.05) is 20.8 Å². The lowest BCUT2D eigenvalue weighted by Crippen LogP contribution is -2.43. The van der Waals surface area contributed by atoms with Crippen LogP contribution in [0.1, 0.15) is 20.8 Å². The van der Waals surface area contributed by atoms with Crippen LogP contribution in [0.2, 0.25) is 0 Å². The van der Waals surface area contributed by atoms with Crippen molar-refractivity contribution < 1.29 is 14.3 Å². The number of methoxy groups -OCH3 is 2. The number of hydrogen-bond donors (Lipinski definition) is 2. The highest BCUT2D eigenvalue weighted by atomic mass is 16.5. The molecule has 1 aromatic rings. The molecule has 0 aromatic heterocycles. The second-order valence-electron chi connectivity index (χ2n) is 4.90. The summed E-state index contributed by atoms with van der Waals surface area (Å²) in [5, 5.41) is 5.55. The van der Waals surface area contributed by atoms with Crippen molar-refractivity contribution >= 4 is 11.7 Å². The summed E-state index contributed by atoms with van der Waals surface area (Å²) in [6.07, 6.45) is 0. The van der Waals surface area contributed by atoms with E-state index in [0.717, 1.165) is 0 Å². The number of rotatable bonds is 3. The second kappa shape index (κ2) is 5.62. The Labute approximate surface area is 107 Å². The molecule has 0 heterocycles. The summed E-state index contributed by atoms with van der Waals surface area (Å²) >= 11 is 0. The van der Waals surface area contributed by atoms with Gasteiger partial charge in [0, 0.05) is 17.3 Å². The number of urea groups is 1. The van der Waals surface area contributed by atoms with Crippen LogP contribution in [0.3, 0.4) is 0 Å². The predicted octanol–water partition coefficient (Wildman–Crippen LogP) is 2.62. The third-order valence-corrected chi connectivity index (χ3v) is 2.13. The number of carbonyl (C=O) groups is 1. The van der Waals surface area contributed by atoms with Crippen LogP contribution >= 0.6 is 0 Å². The van der Waals surface area contributed by atoms with Gasteiger partial charge in [0.15, 0.2) is 11.5 Å². The van der Waals surface area contributed by atoms with Crippen molar-refractivity contribution in [2.24, 2.45) is 0 Å². The van der Waals surface area contributed by atoms with Crippen molar-refractivity contribution in [1.82, 2.24) is 5.32 Å². The summed E-state index contributed by atoms with van der Waals surface area (Å²) in [5.41, 5.74) is 0.370. The van der Waals surface area contributed by atoms with Crippen LogP contribution in [0, 0.1) is 0 Å². The first-order chi connectivity index (χ1) is 8.35. The molecular formula is C13H20N2O3. The molecule has 0 saturated heterocycles. The van der Waals surface area contributed by atoms with E-state index in [9.17, 15) is 4.79 Å². The number of anilines is 1. The van der Waals surface area contributed by atoms with Gasteiger partial charge in [-0.2, -0.15) is 0 Å². The Balaban J connectivity index is 2.76. The fourth-order valence-electron chi connectivity index (χ4n) is 1.42. The van der Waals surface area contributed by atoms with E-state index in [1.54, 1.807) is 32.4 Å². The zero-order valence-corrected chi connectivity index (χ0v) is 11.5. The molecule has 2 amide bonds. The van der Waals surface area contributed by atoms with Gasteiger partial charge in [-0.3, -0.25) is 0 Å². The molecule has 1 aromatic carbocycles. The maximum absolute atomic E-state index is 11.7. The molecule has 100 valence electrons. The van der Waals surface area contributed by atoms with E-state index in [0.29, 0.717) is 17.2 Å². The van der Waals surface area contributed by atoms with Crippen molar-refractivity contribution in [3.63, 3.8) is 0 Å². The first kappa shape index (κ1) is 14.2. The molecule has 0 aliphatic carbocycles. The van der Waals surface area contributed by atoms with E-state index in [2.05, 4.69) is 10.6 Å². The molecule has 1 rings (SSSR count). The van der Waals surface area contributed by atoms with Crippen molar-refractivity contribution in [1.29, 1.82) is 0 Å². The molecule has 18 heavy (non-hydrogen) atoms. The third-order valence-electron chi connectivity index (χ3n) is 2.13. The average molecular weight is 252 g/mol. The van der Waals surface area contributed by atoms with Gasteiger partial charge in [-0.1, -0.05) is 0 Å². The average Bonchev–Trinajstić information content (AvgIpc) is 2.26. The topological polar surface area (TPSA) is 59.6 Å². The maximum Gasteiger partial charge on any atom is 0.319 e. The fraction of sp³-hybridized carbons (Fsp3) is 0.462. The Hall–Kier alpha value is -1.91. The molecule has 0 unspecified atom stereocenters. The lowest BCUT2D eigenvalue weighted by molar-refractivity contribution is 0.244. The molecule has 5 heteroatoms. The van der Waals surface area contributed by atoms with E-state index in [1.165, 1.54) is 0 Å². The molecule has 0 spiro atoms. The third kappa shape index (κ3) is 4.16. The highest BCUT2D eigenvalue weighted by Crippen LogP contribution is 2.29. The Morgan fingerprint density at radius 3 is 2.22 bits per heavy atom. The minimum atomic E-state index is -0.277. The van der Waals surface area contributed by atoms with Crippen LogP contribution in [0.5, 0.6) is 11.5 Å². The summed E-state index contributed by atoms with van der Waals surface area (Å²) in [6.45, 7) is 5.75. The minimum Gasteiger partial charge on any atom is -0.493 e. The van der Waals surface area contributed by atoms with Gasteiger partial charge in [0.2, 0.25) is 0 Å². The molecule has 0 aliphatic rings. The number of nitrogens with one attached hydrogen (secondary N) is 2. The predicted molar refractivity (Wildman–Crippen MR) is 71.5 cm³/mol. The van der Waals surface area contributed by atoms with Crippen LogP contribution in [-0.2, 0) is 0 Å². The molecule has 0 aliphatic heterocycles. The van der Waals surface area contributed by atoms with Gasteiger partial charge in [-0.15, -0.1) is 0 Å². The first-order valence-electron chi connectivity index (χ1n) is 5.67. The van der Waals surface area contributed by atoms with E-state index >= 15 is 0 Å². The Morgan fingerprint density at radius 1 is 1.11 bits per heavy atom. The van der Waals surface area contributed by atoms with Gasteiger partial charge in [-0.25, -0.2) is 4.79 Å². The summed E-state index contributed by atoms with van der Waals surface area (Å²) in [5.74, 6) is 1.20. The maximum atomic E-state index is 11.7. The van der Waals surface area contributed by atoms with Crippen LogP contribution in [0.15, 0.2) is 18.2 Å². The Kier molecular flexibility index (Phi) is 4.42. The minimum absolute atomic E-state index is 0.255. The van der Waals surface area contributed by atoms with Crippen LogP contribution in [-0.4, -0.2) is 25.8 Å². The normalized spacial score (nSPS) is 10.7. The highest BCUT2D eigenvalue weighted by Gasteiger charge is 2.14. The fourth-order valence-corrected chi connectivity index (χ4v) is 1.42. The second-order valence-corrected chi connectivity index (χ2v) is 4.90. The summed E-state index contributed by atoms with van der Waals surface area (Å²) < 4.78 is 10.3. The van der Waals surface area contributed by atoms with Crippen LogP contribution in [0.25, 0.3) is 0 Å². The van der Waals surface area contributed by atoms with Gasteiger partial charge < -0.3 is 20.1 Å². The van der Waals surface area contributed by atoms with Crippen molar-refractivity contribution in [3.8, 4) is 11.5 Å². The zero-order valence-electron chi connectivity index (χ0n) is 11.5. The Morgan fingerprint density at radius 2 is 1.72 bits per heavy atom. The molecule has 0 fully saturated rings. The summed E-state index contributed by atoms with van der Waals surface area (Å²) in [4.78, 5) is 11.7. The van der Waals surface area contributed by atoms with Gasteiger partial charge in [0.1, 0.15) is 0 Å². The van der Waals surface area contributed by atoms with Gasteiger partial charge in [-0.05, 0) is 32.9 Å². The molecule has 0 atom stereocenters. The number of benzene rings is 1. The number of hydrogen-bond acceptors (Lipinski definition) is 3. The molecule has 0 bridgehead atoms. The molecule has 0 radical (unpaired) electrons. The number of amides is 2. The van der Waals surface area contributed by atoms with Gasteiger partial charge in [0.25, 0.3) is 0 Å². The standard InChI is InChI=1S/C13H20N2O3/c1-13(2,3)15-12(16)14-9-6-7-10(17-4)11(8-9)18-5/h6-8H,1-5H3,(H2,14,15,16). The smallest absolute Gasteiger partial charge is 0.319 e. The van der Waals surface area contributed by atoms with Crippen molar-refractivity contribution in [2.45, 2.75) is 26.3 Å². The van der Waals surface area contributed by atoms with Gasteiger partial charge >= 0.3 is 6.03 Å². The number of carbonyl (C=O) groups excluding carboxylic acids is 1. The van der Waals surface area contributed by atoms with Crippen molar-refractivity contribution in [2.75, 3.05) is 19.5 Å².